The zero-order chi connectivity index (χ0) is 20.7. The number of hydrogen-bond acceptors (Lipinski definition) is 4. The molecule has 0 saturated carbocycles. The number of carbonyl (C=O) groups is 2. The largest absolute Gasteiger partial charge is 0.494 e. The molecule has 0 radical (unpaired) electrons. The fraction of sp³-hybridized carbons (Fsp3) is 0.619. The van der Waals surface area contributed by atoms with Crippen LogP contribution >= 0.6 is 0 Å². The van der Waals surface area contributed by atoms with Crippen molar-refractivity contribution in [3.8, 4) is 0 Å². The Bertz CT molecular complexity index is 749. The number of piperazine rings is 1. The second-order valence-corrected chi connectivity index (χ2v) is 8.78. The molecule has 0 aliphatic carbocycles. The Labute approximate surface area is 168 Å². The van der Waals surface area contributed by atoms with Gasteiger partial charge in [-0.05, 0) is 51.7 Å². The number of amides is 2. The molecular weight excluding hydrogens is 355 g/mol. The normalized spacial score (nSPS) is 24.0. The summed E-state index contributed by atoms with van der Waals surface area (Å²) < 4.78 is 12.2. The van der Waals surface area contributed by atoms with Crippen molar-refractivity contribution in [2.75, 3.05) is 20.1 Å². The molecule has 0 N–H and O–H groups in total. The van der Waals surface area contributed by atoms with Crippen LogP contribution < -0.4 is 5.46 Å². The molecule has 0 spiro atoms. The third kappa shape index (κ3) is 3.70. The van der Waals surface area contributed by atoms with Crippen molar-refractivity contribution in [3.05, 3.63) is 29.8 Å². The summed E-state index contributed by atoms with van der Waals surface area (Å²) in [7, 11) is 1.28. The Morgan fingerprint density at radius 2 is 1.82 bits per heavy atom. The number of nitrogens with zero attached hydrogens (tertiary/aromatic N) is 2. The maximum Gasteiger partial charge on any atom is 0.494 e. The molecule has 7 heteroatoms. The molecule has 6 nitrogen and oxygen atoms in total. The van der Waals surface area contributed by atoms with Crippen LogP contribution in [0.2, 0.25) is 0 Å². The lowest BCUT2D eigenvalue weighted by molar-refractivity contribution is -0.138. The summed E-state index contributed by atoms with van der Waals surface area (Å²) in [6.07, 6.45) is 1.52. The predicted molar refractivity (Wildman–Crippen MR) is 110 cm³/mol. The lowest BCUT2D eigenvalue weighted by Crippen LogP contribution is -2.57. The molecule has 2 aliphatic heterocycles. The van der Waals surface area contributed by atoms with Crippen molar-refractivity contribution < 1.29 is 18.9 Å². The van der Waals surface area contributed by atoms with E-state index < -0.39 is 24.4 Å². The van der Waals surface area contributed by atoms with Crippen LogP contribution in [0.1, 0.15) is 57.8 Å². The summed E-state index contributed by atoms with van der Waals surface area (Å²) in [5.74, 6) is -0.0955. The maximum atomic E-state index is 13.2. The molecule has 1 aromatic carbocycles. The van der Waals surface area contributed by atoms with Crippen LogP contribution in [0.5, 0.6) is 0 Å². The van der Waals surface area contributed by atoms with Gasteiger partial charge in [0.2, 0.25) is 5.91 Å². The third-order valence-electron chi connectivity index (χ3n) is 6.20. The second kappa shape index (κ2) is 7.52. The van der Waals surface area contributed by atoms with E-state index in [0.29, 0.717) is 25.1 Å². The molecule has 1 atom stereocenters. The molecule has 1 aromatic rings. The highest BCUT2D eigenvalue weighted by Crippen LogP contribution is 2.36. The van der Waals surface area contributed by atoms with Gasteiger partial charge in [-0.3, -0.25) is 9.59 Å². The average Bonchev–Trinajstić information content (AvgIpc) is 2.86. The van der Waals surface area contributed by atoms with Gasteiger partial charge in [-0.15, -0.1) is 0 Å². The Kier molecular flexibility index (Phi) is 5.61. The summed E-state index contributed by atoms with van der Waals surface area (Å²) in [5.41, 5.74) is 0.504. The summed E-state index contributed by atoms with van der Waals surface area (Å²) >= 11 is 0. The van der Waals surface area contributed by atoms with E-state index in [2.05, 4.69) is 0 Å². The first kappa shape index (κ1) is 20.9. The van der Waals surface area contributed by atoms with E-state index in [4.69, 9.17) is 9.31 Å². The number of carbonyl (C=O) groups excluding carboxylic acids is 2. The summed E-state index contributed by atoms with van der Waals surface area (Å²) in [6.45, 7) is 11.2. The van der Waals surface area contributed by atoms with E-state index in [1.165, 1.54) is 0 Å². The van der Waals surface area contributed by atoms with Crippen molar-refractivity contribution >= 4 is 24.4 Å². The monoisotopic (exact) mass is 386 g/mol. The van der Waals surface area contributed by atoms with E-state index in [-0.39, 0.29) is 11.8 Å². The summed E-state index contributed by atoms with van der Waals surface area (Å²) in [5, 5.41) is 0. The van der Waals surface area contributed by atoms with Gasteiger partial charge in [0, 0.05) is 25.7 Å². The first-order valence-electron chi connectivity index (χ1n) is 10.1. The first-order valence-corrected chi connectivity index (χ1v) is 10.1. The third-order valence-corrected chi connectivity index (χ3v) is 6.20. The van der Waals surface area contributed by atoms with Gasteiger partial charge >= 0.3 is 7.12 Å². The zero-order valence-electron chi connectivity index (χ0n) is 17.8. The van der Waals surface area contributed by atoms with Gasteiger partial charge in [-0.1, -0.05) is 25.5 Å². The Hall–Kier alpha value is -1.86. The minimum atomic E-state index is -0.515. The molecule has 2 fully saturated rings. The maximum absolute atomic E-state index is 13.2. The minimum Gasteiger partial charge on any atom is -0.399 e. The number of rotatable bonds is 4. The lowest BCUT2D eigenvalue weighted by atomic mass is 9.78. The van der Waals surface area contributed by atoms with Gasteiger partial charge in [0.1, 0.15) is 6.04 Å². The smallest absolute Gasteiger partial charge is 0.399 e. The molecule has 0 bridgehead atoms. The molecule has 2 saturated heterocycles. The van der Waals surface area contributed by atoms with E-state index in [1.807, 2.05) is 52.8 Å². The van der Waals surface area contributed by atoms with Crippen molar-refractivity contribution in [1.29, 1.82) is 0 Å². The van der Waals surface area contributed by atoms with Gasteiger partial charge in [-0.25, -0.2) is 0 Å². The lowest BCUT2D eigenvalue weighted by Gasteiger charge is -2.39. The van der Waals surface area contributed by atoms with Crippen LogP contribution in [0.3, 0.4) is 0 Å². The molecule has 2 aliphatic rings. The van der Waals surface area contributed by atoms with Gasteiger partial charge in [0.15, 0.2) is 0 Å². The van der Waals surface area contributed by atoms with Crippen LogP contribution in [0, 0.1) is 0 Å². The van der Waals surface area contributed by atoms with Crippen LogP contribution in [0.25, 0.3) is 0 Å². The molecule has 1 unspecified atom stereocenters. The Balaban J connectivity index is 1.84. The molecule has 0 aromatic heterocycles. The highest BCUT2D eigenvalue weighted by molar-refractivity contribution is 6.62. The molecule has 28 heavy (non-hydrogen) atoms. The summed E-state index contributed by atoms with van der Waals surface area (Å²) in [6, 6.07) is 6.99. The van der Waals surface area contributed by atoms with Crippen LogP contribution in [-0.4, -0.2) is 66.1 Å². The standard InChI is InChI=1S/C21H31BN2O4/c1-7-9-17-19(26)23(6)12-13-24(17)18(25)15-10-8-11-16(14-15)22-27-20(2,3)21(4,5)28-22/h8,10-11,14,17H,7,9,12-13H2,1-6H3. The molecule has 3 rings (SSSR count). The highest BCUT2D eigenvalue weighted by atomic mass is 16.7. The van der Waals surface area contributed by atoms with Crippen molar-refractivity contribution in [2.24, 2.45) is 0 Å². The van der Waals surface area contributed by atoms with Crippen molar-refractivity contribution in [1.82, 2.24) is 9.80 Å². The molecule has 152 valence electrons. The summed E-state index contributed by atoms with van der Waals surface area (Å²) in [4.78, 5) is 29.2. The average molecular weight is 386 g/mol. The minimum absolute atomic E-state index is 0.0172. The van der Waals surface area contributed by atoms with Gasteiger partial charge in [-0.2, -0.15) is 0 Å². The fourth-order valence-electron chi connectivity index (χ4n) is 3.67. The Morgan fingerprint density at radius 3 is 2.43 bits per heavy atom. The van der Waals surface area contributed by atoms with Crippen molar-refractivity contribution in [2.45, 2.75) is 64.7 Å². The highest BCUT2D eigenvalue weighted by Gasteiger charge is 2.51. The van der Waals surface area contributed by atoms with E-state index in [1.54, 1.807) is 22.9 Å². The quantitative estimate of drug-likeness (QED) is 0.744. The SMILES string of the molecule is CCCC1C(=O)N(C)CCN1C(=O)c1cccc(B2OC(C)(C)C(C)(C)O2)c1. The van der Waals surface area contributed by atoms with Crippen molar-refractivity contribution in [3.63, 3.8) is 0 Å². The molecule has 2 heterocycles. The molecule has 2 amide bonds. The van der Waals surface area contributed by atoms with Crippen LogP contribution in [-0.2, 0) is 14.1 Å². The first-order chi connectivity index (χ1) is 13.1. The van der Waals surface area contributed by atoms with Crippen LogP contribution in [0.4, 0.5) is 0 Å². The number of benzene rings is 1. The predicted octanol–water partition coefficient (Wildman–Crippen LogP) is 2.07. The topological polar surface area (TPSA) is 59.1 Å². The van der Waals surface area contributed by atoms with E-state index in [0.717, 1.165) is 11.9 Å². The number of likely N-dealkylation sites (N-methyl/N-ethyl adjacent to an activating group) is 1. The zero-order valence-corrected chi connectivity index (χ0v) is 17.8. The van der Waals surface area contributed by atoms with E-state index >= 15 is 0 Å². The molecular formula is C21H31BN2O4. The number of hydrogen-bond donors (Lipinski definition) is 0. The second-order valence-electron chi connectivity index (χ2n) is 8.78. The fourth-order valence-corrected chi connectivity index (χ4v) is 3.67. The Morgan fingerprint density at radius 1 is 1.18 bits per heavy atom. The van der Waals surface area contributed by atoms with Gasteiger partial charge in [0.05, 0.1) is 11.2 Å². The van der Waals surface area contributed by atoms with Gasteiger partial charge in [0.25, 0.3) is 5.91 Å². The van der Waals surface area contributed by atoms with Gasteiger partial charge < -0.3 is 19.1 Å². The van der Waals surface area contributed by atoms with Crippen LogP contribution in [0.15, 0.2) is 24.3 Å². The van der Waals surface area contributed by atoms with E-state index in [9.17, 15) is 9.59 Å².